The first-order valence-electron chi connectivity index (χ1n) is 8.72. The molecule has 0 bridgehead atoms. The quantitative estimate of drug-likeness (QED) is 0.521. The van der Waals surface area contributed by atoms with Gasteiger partial charge in [0.2, 0.25) is 0 Å². The van der Waals surface area contributed by atoms with E-state index in [0.717, 1.165) is 17.4 Å². The zero-order chi connectivity index (χ0) is 16.8. The molecular formula is C22H23NO. The van der Waals surface area contributed by atoms with Gasteiger partial charge in [-0.25, -0.2) is 0 Å². The summed E-state index contributed by atoms with van der Waals surface area (Å²) < 4.78 is 0. The molecule has 0 aliphatic rings. The summed E-state index contributed by atoms with van der Waals surface area (Å²) in [5.74, 6) is 0.179. The summed E-state index contributed by atoms with van der Waals surface area (Å²) >= 11 is 0. The minimum absolute atomic E-state index is 0.179. The van der Waals surface area contributed by atoms with E-state index < -0.39 is 6.10 Å². The maximum atomic E-state index is 10.6. The van der Waals surface area contributed by atoms with Gasteiger partial charge in [0.1, 0.15) is 0 Å². The second-order valence-corrected chi connectivity index (χ2v) is 6.91. The van der Waals surface area contributed by atoms with Crippen LogP contribution < -0.4 is 5.73 Å². The molecule has 0 fully saturated rings. The summed E-state index contributed by atoms with van der Waals surface area (Å²) in [4.78, 5) is 0. The first-order chi connectivity index (χ1) is 11.6. The maximum Gasteiger partial charge on any atom is 0.0758 e. The SMILES string of the molecule is CCC(C)[C@@H](O)[C@@H](N)c1ccc2ccc3cccc4ccc1c2c34. The highest BCUT2D eigenvalue weighted by Crippen LogP contribution is 2.38. The summed E-state index contributed by atoms with van der Waals surface area (Å²) in [6, 6.07) is 18.9. The topological polar surface area (TPSA) is 46.2 Å². The van der Waals surface area contributed by atoms with Gasteiger partial charge in [-0.3, -0.25) is 0 Å². The third-order valence-electron chi connectivity index (χ3n) is 5.52. The average Bonchev–Trinajstić information content (AvgIpc) is 2.64. The summed E-state index contributed by atoms with van der Waals surface area (Å²) in [5, 5.41) is 18.0. The van der Waals surface area contributed by atoms with E-state index >= 15 is 0 Å². The lowest BCUT2D eigenvalue weighted by Gasteiger charge is -2.26. The van der Waals surface area contributed by atoms with Crippen molar-refractivity contribution < 1.29 is 5.11 Å². The van der Waals surface area contributed by atoms with Gasteiger partial charge in [0.05, 0.1) is 12.1 Å². The van der Waals surface area contributed by atoms with E-state index in [-0.39, 0.29) is 12.0 Å². The van der Waals surface area contributed by atoms with E-state index in [9.17, 15) is 5.11 Å². The van der Waals surface area contributed by atoms with Crippen molar-refractivity contribution in [1.82, 2.24) is 0 Å². The summed E-state index contributed by atoms with van der Waals surface area (Å²) in [6.45, 7) is 4.14. The molecule has 4 aromatic rings. The van der Waals surface area contributed by atoms with E-state index in [2.05, 4.69) is 68.4 Å². The highest BCUT2D eigenvalue weighted by molar-refractivity contribution is 6.23. The van der Waals surface area contributed by atoms with Gasteiger partial charge in [0, 0.05) is 0 Å². The molecule has 0 aromatic heterocycles. The molecular weight excluding hydrogens is 294 g/mol. The van der Waals surface area contributed by atoms with Crippen molar-refractivity contribution in [2.75, 3.05) is 0 Å². The van der Waals surface area contributed by atoms with Gasteiger partial charge in [-0.1, -0.05) is 74.9 Å². The molecule has 2 heteroatoms. The van der Waals surface area contributed by atoms with Crippen LogP contribution in [0.4, 0.5) is 0 Å². The van der Waals surface area contributed by atoms with Crippen LogP contribution in [0.25, 0.3) is 32.3 Å². The maximum absolute atomic E-state index is 10.6. The van der Waals surface area contributed by atoms with E-state index in [1.165, 1.54) is 26.9 Å². The Hall–Kier alpha value is -2.16. The Morgan fingerprint density at radius 3 is 2.12 bits per heavy atom. The predicted molar refractivity (Wildman–Crippen MR) is 103 cm³/mol. The fourth-order valence-electron chi connectivity index (χ4n) is 3.83. The van der Waals surface area contributed by atoms with Crippen molar-refractivity contribution in [2.45, 2.75) is 32.4 Å². The monoisotopic (exact) mass is 317 g/mol. The third-order valence-corrected chi connectivity index (χ3v) is 5.52. The van der Waals surface area contributed by atoms with Crippen LogP contribution in [0, 0.1) is 5.92 Å². The molecule has 4 aromatic carbocycles. The van der Waals surface area contributed by atoms with Gasteiger partial charge in [-0.15, -0.1) is 0 Å². The smallest absolute Gasteiger partial charge is 0.0758 e. The van der Waals surface area contributed by atoms with Crippen molar-refractivity contribution in [2.24, 2.45) is 11.7 Å². The predicted octanol–water partition coefficient (Wildman–Crippen LogP) is 4.99. The first-order valence-corrected chi connectivity index (χ1v) is 8.72. The zero-order valence-corrected chi connectivity index (χ0v) is 14.2. The number of hydrogen-bond acceptors (Lipinski definition) is 2. The lowest BCUT2D eigenvalue weighted by atomic mass is 9.86. The molecule has 0 heterocycles. The van der Waals surface area contributed by atoms with Crippen molar-refractivity contribution in [3.8, 4) is 0 Å². The van der Waals surface area contributed by atoms with Gasteiger partial charge >= 0.3 is 0 Å². The number of benzene rings is 4. The molecule has 0 aliphatic carbocycles. The lowest BCUT2D eigenvalue weighted by molar-refractivity contribution is 0.0884. The van der Waals surface area contributed by atoms with Gasteiger partial charge in [-0.05, 0) is 43.8 Å². The zero-order valence-electron chi connectivity index (χ0n) is 14.2. The molecule has 1 unspecified atom stereocenters. The molecule has 0 saturated heterocycles. The second kappa shape index (κ2) is 5.73. The average molecular weight is 317 g/mol. The normalized spacial score (nSPS) is 16.0. The summed E-state index contributed by atoms with van der Waals surface area (Å²) in [5.41, 5.74) is 7.50. The van der Waals surface area contributed by atoms with Gasteiger partial charge < -0.3 is 10.8 Å². The summed E-state index contributed by atoms with van der Waals surface area (Å²) in [6.07, 6.45) is 0.384. The van der Waals surface area contributed by atoms with E-state index in [4.69, 9.17) is 5.73 Å². The van der Waals surface area contributed by atoms with Crippen LogP contribution in [0.1, 0.15) is 31.9 Å². The van der Waals surface area contributed by atoms with Crippen LogP contribution in [-0.4, -0.2) is 11.2 Å². The molecule has 2 nitrogen and oxygen atoms in total. The van der Waals surface area contributed by atoms with E-state index in [1.807, 2.05) is 0 Å². The Bertz CT molecular complexity index is 991. The minimum atomic E-state index is -0.534. The van der Waals surface area contributed by atoms with Gasteiger partial charge in [-0.2, -0.15) is 0 Å². The summed E-state index contributed by atoms with van der Waals surface area (Å²) in [7, 11) is 0. The van der Waals surface area contributed by atoms with Crippen LogP contribution in [0.5, 0.6) is 0 Å². The first kappa shape index (κ1) is 15.4. The van der Waals surface area contributed by atoms with Gasteiger partial charge in [0.15, 0.2) is 0 Å². The fraction of sp³-hybridized carbons (Fsp3) is 0.273. The molecule has 4 rings (SSSR count). The number of aliphatic hydroxyl groups is 1. The lowest BCUT2D eigenvalue weighted by Crippen LogP contribution is -2.31. The van der Waals surface area contributed by atoms with E-state index in [0.29, 0.717) is 0 Å². The Balaban J connectivity index is 2.01. The van der Waals surface area contributed by atoms with E-state index in [1.54, 1.807) is 0 Å². The van der Waals surface area contributed by atoms with Crippen molar-refractivity contribution in [3.63, 3.8) is 0 Å². The molecule has 3 N–H and O–H groups in total. The van der Waals surface area contributed by atoms with Crippen molar-refractivity contribution >= 4 is 32.3 Å². The largest absolute Gasteiger partial charge is 0.391 e. The van der Waals surface area contributed by atoms with Crippen LogP contribution >= 0.6 is 0 Å². The number of aliphatic hydroxyl groups excluding tert-OH is 1. The van der Waals surface area contributed by atoms with Gasteiger partial charge in [0.25, 0.3) is 0 Å². The van der Waals surface area contributed by atoms with Crippen molar-refractivity contribution in [3.05, 3.63) is 60.2 Å². The van der Waals surface area contributed by atoms with Crippen LogP contribution in [-0.2, 0) is 0 Å². The Morgan fingerprint density at radius 1 is 0.875 bits per heavy atom. The van der Waals surface area contributed by atoms with Crippen LogP contribution in [0.3, 0.4) is 0 Å². The Kier molecular flexibility index (Phi) is 3.67. The number of hydrogen-bond donors (Lipinski definition) is 2. The Labute approximate surface area is 142 Å². The minimum Gasteiger partial charge on any atom is -0.391 e. The number of nitrogens with two attached hydrogens (primary N) is 1. The molecule has 24 heavy (non-hydrogen) atoms. The molecule has 122 valence electrons. The Morgan fingerprint density at radius 2 is 1.46 bits per heavy atom. The highest BCUT2D eigenvalue weighted by Gasteiger charge is 2.24. The molecule has 3 atom stereocenters. The third kappa shape index (κ3) is 2.18. The number of rotatable bonds is 4. The molecule has 0 spiro atoms. The molecule has 0 aliphatic heterocycles. The van der Waals surface area contributed by atoms with Crippen LogP contribution in [0.15, 0.2) is 54.6 Å². The second-order valence-electron chi connectivity index (χ2n) is 6.91. The van der Waals surface area contributed by atoms with Crippen molar-refractivity contribution in [1.29, 1.82) is 0 Å². The standard InChI is InChI=1S/C22H23NO/c1-3-13(2)22(24)21(23)18-12-10-16-8-7-14-5-4-6-15-9-11-17(18)20(16)19(14)15/h4-13,21-22,24H,3,23H2,1-2H3/t13?,21-,22+/m0/s1. The molecule has 0 saturated carbocycles. The highest BCUT2D eigenvalue weighted by atomic mass is 16.3. The molecule has 0 radical (unpaired) electrons. The van der Waals surface area contributed by atoms with Crippen LogP contribution in [0.2, 0.25) is 0 Å². The molecule has 0 amide bonds. The fourth-order valence-corrected chi connectivity index (χ4v) is 3.83.